The van der Waals surface area contributed by atoms with Crippen LogP contribution in [0.15, 0.2) is 10.2 Å². The van der Waals surface area contributed by atoms with Crippen LogP contribution in [0, 0.1) is 10.8 Å². The fourth-order valence-electron chi connectivity index (χ4n) is 0.442. The smallest absolute Gasteiger partial charge is 0.148 e. The Kier molecular flexibility index (Phi) is 4.21. The molecule has 1 unspecified atom stereocenters. The third kappa shape index (κ3) is 3.47. The standard InChI is InChI=1S/C8H17ClN6/c1-7(2,5(10)11)14-15-8(3,4-9)6(12)13/h4H2,1-3H3,(H3,10,11)(H3,12,13). The molecule has 0 aromatic rings. The molecule has 0 aliphatic rings. The van der Waals surface area contributed by atoms with Crippen molar-refractivity contribution >= 4 is 23.3 Å². The van der Waals surface area contributed by atoms with Crippen LogP contribution in [0.4, 0.5) is 0 Å². The lowest BCUT2D eigenvalue weighted by Crippen LogP contribution is -2.42. The third-order valence-corrected chi connectivity index (χ3v) is 2.54. The first-order valence-corrected chi connectivity index (χ1v) is 4.88. The largest absolute Gasteiger partial charge is 0.386 e. The minimum atomic E-state index is -1.03. The molecule has 0 rings (SSSR count). The molecule has 0 saturated carbocycles. The van der Waals surface area contributed by atoms with E-state index in [2.05, 4.69) is 10.2 Å². The number of hydrogen-bond donors (Lipinski definition) is 4. The summed E-state index contributed by atoms with van der Waals surface area (Å²) in [5.41, 5.74) is 8.74. The first kappa shape index (κ1) is 13.8. The van der Waals surface area contributed by atoms with Crippen LogP contribution < -0.4 is 11.5 Å². The van der Waals surface area contributed by atoms with E-state index in [9.17, 15) is 0 Å². The first-order chi connectivity index (χ1) is 6.65. The van der Waals surface area contributed by atoms with Crippen molar-refractivity contribution in [3.63, 3.8) is 0 Å². The molecule has 0 saturated heterocycles. The maximum atomic E-state index is 7.32. The molecule has 0 spiro atoms. The Balaban J connectivity index is 4.92. The zero-order valence-corrected chi connectivity index (χ0v) is 9.89. The van der Waals surface area contributed by atoms with Gasteiger partial charge in [0.05, 0.1) is 5.88 Å². The molecular weight excluding hydrogens is 216 g/mol. The van der Waals surface area contributed by atoms with E-state index in [-0.39, 0.29) is 17.6 Å². The van der Waals surface area contributed by atoms with Gasteiger partial charge in [0.25, 0.3) is 0 Å². The van der Waals surface area contributed by atoms with Gasteiger partial charge in [-0.2, -0.15) is 10.2 Å². The fraction of sp³-hybridized carbons (Fsp3) is 0.750. The second kappa shape index (κ2) is 4.57. The Labute approximate surface area is 94.1 Å². The van der Waals surface area contributed by atoms with E-state index in [4.69, 9.17) is 33.9 Å². The Morgan fingerprint density at radius 1 is 1.13 bits per heavy atom. The fourth-order valence-corrected chi connectivity index (χ4v) is 0.639. The summed E-state index contributed by atoms with van der Waals surface area (Å²) in [6.45, 7) is 4.89. The second-order valence-electron chi connectivity index (χ2n) is 3.99. The van der Waals surface area contributed by atoms with Crippen molar-refractivity contribution in [1.29, 1.82) is 10.8 Å². The lowest BCUT2D eigenvalue weighted by atomic mass is 10.0. The molecule has 6 nitrogen and oxygen atoms in total. The van der Waals surface area contributed by atoms with E-state index in [1.807, 2.05) is 0 Å². The number of halogens is 1. The number of nitrogens with two attached hydrogens (primary N) is 2. The highest BCUT2D eigenvalue weighted by molar-refractivity contribution is 6.20. The van der Waals surface area contributed by atoms with Crippen molar-refractivity contribution in [2.45, 2.75) is 31.8 Å². The summed E-state index contributed by atoms with van der Waals surface area (Å²) in [6, 6.07) is 0. The third-order valence-electron chi connectivity index (χ3n) is 2.02. The van der Waals surface area contributed by atoms with Crippen LogP contribution in [0.3, 0.4) is 0 Å². The van der Waals surface area contributed by atoms with Crippen molar-refractivity contribution in [1.82, 2.24) is 0 Å². The van der Waals surface area contributed by atoms with Gasteiger partial charge in [-0.15, -0.1) is 11.6 Å². The minimum absolute atomic E-state index is 0.0554. The van der Waals surface area contributed by atoms with Crippen molar-refractivity contribution in [2.24, 2.45) is 21.7 Å². The molecule has 0 aromatic heterocycles. The number of amidine groups is 2. The molecule has 0 fully saturated rings. The highest BCUT2D eigenvalue weighted by atomic mass is 35.5. The monoisotopic (exact) mass is 232 g/mol. The van der Waals surface area contributed by atoms with Crippen LogP contribution in [0.1, 0.15) is 20.8 Å². The van der Waals surface area contributed by atoms with Gasteiger partial charge >= 0.3 is 0 Å². The predicted octanol–water partition coefficient (Wildman–Crippen LogP) is 1.09. The number of azo groups is 1. The molecule has 0 bridgehead atoms. The normalized spacial score (nSPS) is 16.3. The summed E-state index contributed by atoms with van der Waals surface area (Å²) in [5.74, 6) is -0.216. The van der Waals surface area contributed by atoms with E-state index in [1.165, 1.54) is 0 Å². The van der Waals surface area contributed by atoms with Crippen molar-refractivity contribution in [2.75, 3.05) is 5.88 Å². The van der Waals surface area contributed by atoms with Crippen LogP contribution in [0.2, 0.25) is 0 Å². The van der Waals surface area contributed by atoms with Crippen molar-refractivity contribution < 1.29 is 0 Å². The van der Waals surface area contributed by atoms with Crippen molar-refractivity contribution in [3.8, 4) is 0 Å². The van der Waals surface area contributed by atoms with Gasteiger partial charge in [0.1, 0.15) is 22.7 Å². The van der Waals surface area contributed by atoms with E-state index in [0.717, 1.165) is 0 Å². The molecule has 6 N–H and O–H groups in total. The number of nitrogens with zero attached hydrogens (tertiary/aromatic N) is 2. The summed E-state index contributed by atoms with van der Waals surface area (Å²) in [4.78, 5) is 0. The molecule has 1 atom stereocenters. The van der Waals surface area contributed by atoms with Crippen LogP contribution in [-0.2, 0) is 0 Å². The average molecular weight is 233 g/mol. The number of rotatable bonds is 5. The molecule has 0 aliphatic carbocycles. The highest BCUT2D eigenvalue weighted by Gasteiger charge is 2.29. The van der Waals surface area contributed by atoms with Crippen LogP contribution >= 0.6 is 11.6 Å². The number of alkyl halides is 1. The Hall–Kier alpha value is -1.17. The van der Waals surface area contributed by atoms with Crippen molar-refractivity contribution in [3.05, 3.63) is 0 Å². The Morgan fingerprint density at radius 2 is 1.60 bits per heavy atom. The Bertz CT molecular complexity index is 298. The lowest BCUT2D eigenvalue weighted by molar-refractivity contribution is 0.560. The van der Waals surface area contributed by atoms with Gasteiger partial charge in [-0.05, 0) is 20.8 Å². The lowest BCUT2D eigenvalue weighted by Gasteiger charge is -2.22. The minimum Gasteiger partial charge on any atom is -0.386 e. The molecule has 0 aromatic carbocycles. The quantitative estimate of drug-likeness (QED) is 0.245. The molecule has 86 valence electrons. The van der Waals surface area contributed by atoms with E-state index < -0.39 is 11.1 Å². The van der Waals surface area contributed by atoms with Gasteiger partial charge in [-0.25, -0.2) is 0 Å². The van der Waals surface area contributed by atoms with Gasteiger partial charge in [-0.1, -0.05) is 0 Å². The van der Waals surface area contributed by atoms with Gasteiger partial charge in [0.15, 0.2) is 0 Å². The molecule has 7 heteroatoms. The Morgan fingerprint density at radius 3 is 1.87 bits per heavy atom. The number of nitrogens with one attached hydrogen (secondary N) is 2. The molecule has 15 heavy (non-hydrogen) atoms. The SMILES string of the molecule is CC(C)(N=NC(C)(CCl)C(=N)N)C(=N)N. The van der Waals surface area contributed by atoms with E-state index >= 15 is 0 Å². The van der Waals surface area contributed by atoms with E-state index in [0.29, 0.717) is 0 Å². The predicted molar refractivity (Wildman–Crippen MR) is 61.9 cm³/mol. The van der Waals surface area contributed by atoms with Crippen LogP contribution in [0.25, 0.3) is 0 Å². The molecule has 0 aliphatic heterocycles. The van der Waals surface area contributed by atoms with Crippen LogP contribution in [0.5, 0.6) is 0 Å². The van der Waals surface area contributed by atoms with E-state index in [1.54, 1.807) is 20.8 Å². The maximum Gasteiger partial charge on any atom is 0.148 e. The first-order valence-electron chi connectivity index (χ1n) is 4.35. The summed E-state index contributed by atoms with van der Waals surface area (Å²) in [7, 11) is 0. The summed E-state index contributed by atoms with van der Waals surface area (Å²) < 4.78 is 0. The summed E-state index contributed by atoms with van der Waals surface area (Å²) >= 11 is 5.65. The maximum absolute atomic E-state index is 7.32. The summed E-state index contributed by atoms with van der Waals surface area (Å²) in [6.07, 6.45) is 0. The molecule has 0 radical (unpaired) electrons. The topological polar surface area (TPSA) is 124 Å². The number of hydrogen-bond acceptors (Lipinski definition) is 4. The second-order valence-corrected chi connectivity index (χ2v) is 4.26. The summed E-state index contributed by atoms with van der Waals surface area (Å²) in [5, 5.41) is 22.4. The van der Waals surface area contributed by atoms with Gasteiger partial charge in [-0.3, -0.25) is 10.8 Å². The van der Waals surface area contributed by atoms with Gasteiger partial charge in [0, 0.05) is 0 Å². The zero-order chi connectivity index (χ0) is 12.3. The van der Waals surface area contributed by atoms with Gasteiger partial charge in [0.2, 0.25) is 0 Å². The zero-order valence-electron chi connectivity index (χ0n) is 9.13. The average Bonchev–Trinajstić information content (AvgIpc) is 2.13. The molecule has 0 heterocycles. The van der Waals surface area contributed by atoms with Crippen LogP contribution in [-0.4, -0.2) is 28.6 Å². The highest BCUT2D eigenvalue weighted by Crippen LogP contribution is 2.17. The molecular formula is C8H17ClN6. The molecule has 0 amide bonds. The van der Waals surface area contributed by atoms with Gasteiger partial charge < -0.3 is 11.5 Å².